The molecule has 0 saturated carbocycles. The lowest BCUT2D eigenvalue weighted by Gasteiger charge is -2.28. The van der Waals surface area contributed by atoms with Crippen LogP contribution in [-0.2, 0) is 11.3 Å². The number of hydrogen-bond acceptors (Lipinski definition) is 5. The van der Waals surface area contributed by atoms with Gasteiger partial charge in [0.05, 0.1) is 31.6 Å². The van der Waals surface area contributed by atoms with Gasteiger partial charge in [0.25, 0.3) is 5.56 Å². The zero-order valence-corrected chi connectivity index (χ0v) is 12.3. The smallest absolute Gasteiger partial charge is 0.268 e. The first-order valence-electron chi connectivity index (χ1n) is 7.27. The predicted octanol–water partition coefficient (Wildman–Crippen LogP) is 0.326. The summed E-state index contributed by atoms with van der Waals surface area (Å²) in [7, 11) is 0. The average Bonchev–Trinajstić information content (AvgIpc) is 2.45. The van der Waals surface area contributed by atoms with Gasteiger partial charge in [-0.25, -0.2) is 4.68 Å². The number of morpholine rings is 1. The van der Waals surface area contributed by atoms with Crippen molar-refractivity contribution in [3.63, 3.8) is 0 Å². The predicted molar refractivity (Wildman–Crippen MR) is 79.2 cm³/mol. The summed E-state index contributed by atoms with van der Waals surface area (Å²) in [6, 6.07) is 1.67. The molecule has 0 aromatic carbocycles. The molecule has 1 aromatic heterocycles. The van der Waals surface area contributed by atoms with E-state index in [1.54, 1.807) is 12.3 Å². The van der Waals surface area contributed by atoms with E-state index < -0.39 is 0 Å². The lowest BCUT2D eigenvalue weighted by atomic mass is 10.2. The van der Waals surface area contributed by atoms with Crippen molar-refractivity contribution in [1.29, 1.82) is 0 Å². The average molecular weight is 280 g/mol. The summed E-state index contributed by atoms with van der Waals surface area (Å²) in [5.41, 5.74) is 0.852. The van der Waals surface area contributed by atoms with Crippen LogP contribution in [0.4, 0.5) is 5.69 Å². The molecule has 112 valence electrons. The van der Waals surface area contributed by atoms with E-state index in [0.29, 0.717) is 25.7 Å². The Morgan fingerprint density at radius 2 is 2.15 bits per heavy atom. The second-order valence-corrected chi connectivity index (χ2v) is 5.47. The van der Waals surface area contributed by atoms with E-state index in [2.05, 4.69) is 29.2 Å². The largest absolute Gasteiger partial charge is 0.378 e. The molecule has 1 aromatic rings. The normalized spacial score (nSPS) is 15.8. The van der Waals surface area contributed by atoms with E-state index in [0.717, 1.165) is 31.9 Å². The Kier molecular flexibility index (Phi) is 5.55. The van der Waals surface area contributed by atoms with Gasteiger partial charge in [0.15, 0.2) is 0 Å². The van der Waals surface area contributed by atoms with Crippen molar-refractivity contribution in [2.75, 3.05) is 44.3 Å². The van der Waals surface area contributed by atoms with Gasteiger partial charge in [-0.2, -0.15) is 5.10 Å². The molecule has 0 atom stereocenters. The maximum atomic E-state index is 12.0. The minimum absolute atomic E-state index is 0.0414. The lowest BCUT2D eigenvalue weighted by Crippen LogP contribution is -2.38. The van der Waals surface area contributed by atoms with Crippen LogP contribution in [-0.4, -0.2) is 49.2 Å². The van der Waals surface area contributed by atoms with Crippen molar-refractivity contribution in [3.05, 3.63) is 22.6 Å². The Bertz CT molecular complexity index is 466. The van der Waals surface area contributed by atoms with E-state index in [4.69, 9.17) is 4.74 Å². The van der Waals surface area contributed by atoms with E-state index in [1.807, 2.05) is 0 Å². The molecule has 2 rings (SSSR count). The Morgan fingerprint density at radius 1 is 1.40 bits per heavy atom. The minimum Gasteiger partial charge on any atom is -0.378 e. The maximum absolute atomic E-state index is 12.0. The van der Waals surface area contributed by atoms with Gasteiger partial charge >= 0.3 is 0 Å². The SMILES string of the molecule is CC(C)CNCCn1ncc(N2CCOCC2)cc1=O. The summed E-state index contributed by atoms with van der Waals surface area (Å²) < 4.78 is 6.82. The molecular weight excluding hydrogens is 256 g/mol. The highest BCUT2D eigenvalue weighted by atomic mass is 16.5. The number of anilines is 1. The Balaban J connectivity index is 1.90. The van der Waals surface area contributed by atoms with Gasteiger partial charge in [0, 0.05) is 25.7 Å². The molecule has 0 aliphatic carbocycles. The first kappa shape index (κ1) is 15.0. The molecule has 1 aliphatic rings. The summed E-state index contributed by atoms with van der Waals surface area (Å²) in [5, 5.41) is 7.56. The second kappa shape index (κ2) is 7.40. The second-order valence-electron chi connectivity index (χ2n) is 5.47. The van der Waals surface area contributed by atoms with E-state index >= 15 is 0 Å². The molecule has 2 heterocycles. The summed E-state index contributed by atoms with van der Waals surface area (Å²) in [6.07, 6.45) is 1.77. The third-order valence-corrected chi connectivity index (χ3v) is 3.28. The standard InChI is InChI=1S/C14H24N4O2/c1-12(2)10-15-3-4-18-14(19)9-13(11-16-18)17-5-7-20-8-6-17/h9,11-12,15H,3-8,10H2,1-2H3. The number of aromatic nitrogens is 2. The van der Waals surface area contributed by atoms with Gasteiger partial charge in [-0.05, 0) is 12.5 Å². The molecular formula is C14H24N4O2. The Labute approximate surface area is 119 Å². The van der Waals surface area contributed by atoms with Crippen molar-refractivity contribution >= 4 is 5.69 Å². The zero-order chi connectivity index (χ0) is 14.4. The van der Waals surface area contributed by atoms with Crippen LogP contribution in [0.2, 0.25) is 0 Å². The maximum Gasteiger partial charge on any atom is 0.268 e. The van der Waals surface area contributed by atoms with Gasteiger partial charge in [-0.15, -0.1) is 0 Å². The van der Waals surface area contributed by atoms with Crippen LogP contribution < -0.4 is 15.8 Å². The van der Waals surface area contributed by atoms with Crippen LogP contribution >= 0.6 is 0 Å². The van der Waals surface area contributed by atoms with Gasteiger partial charge in [0.2, 0.25) is 0 Å². The molecule has 0 unspecified atom stereocenters. The fraction of sp³-hybridized carbons (Fsp3) is 0.714. The number of nitrogens with zero attached hydrogens (tertiary/aromatic N) is 3. The van der Waals surface area contributed by atoms with Gasteiger partial charge in [-0.3, -0.25) is 4.79 Å². The van der Waals surface area contributed by atoms with Crippen molar-refractivity contribution in [3.8, 4) is 0 Å². The van der Waals surface area contributed by atoms with Crippen LogP contribution in [0.1, 0.15) is 13.8 Å². The molecule has 6 nitrogen and oxygen atoms in total. The summed E-state index contributed by atoms with van der Waals surface area (Å²) in [4.78, 5) is 14.2. The summed E-state index contributed by atoms with van der Waals surface area (Å²) >= 11 is 0. The molecule has 0 radical (unpaired) electrons. The highest BCUT2D eigenvalue weighted by Crippen LogP contribution is 2.11. The highest BCUT2D eigenvalue weighted by Gasteiger charge is 2.12. The van der Waals surface area contributed by atoms with Gasteiger partial charge in [-0.1, -0.05) is 13.8 Å². The third-order valence-electron chi connectivity index (χ3n) is 3.28. The van der Waals surface area contributed by atoms with Crippen molar-refractivity contribution in [1.82, 2.24) is 15.1 Å². The van der Waals surface area contributed by atoms with Gasteiger partial charge < -0.3 is 15.0 Å². The van der Waals surface area contributed by atoms with Gasteiger partial charge in [0.1, 0.15) is 0 Å². The zero-order valence-electron chi connectivity index (χ0n) is 12.3. The third kappa shape index (κ3) is 4.31. The minimum atomic E-state index is -0.0414. The van der Waals surface area contributed by atoms with Crippen LogP contribution in [0.15, 0.2) is 17.1 Å². The van der Waals surface area contributed by atoms with Crippen LogP contribution in [0.3, 0.4) is 0 Å². The Hall–Kier alpha value is -1.40. The summed E-state index contributed by atoms with van der Waals surface area (Å²) in [6.45, 7) is 9.72. The van der Waals surface area contributed by atoms with Crippen LogP contribution in [0, 0.1) is 5.92 Å². The Morgan fingerprint density at radius 3 is 2.80 bits per heavy atom. The van der Waals surface area contributed by atoms with Crippen molar-refractivity contribution in [2.24, 2.45) is 5.92 Å². The molecule has 20 heavy (non-hydrogen) atoms. The fourth-order valence-electron chi connectivity index (χ4n) is 2.16. The fourth-order valence-corrected chi connectivity index (χ4v) is 2.16. The number of hydrogen-bond donors (Lipinski definition) is 1. The van der Waals surface area contributed by atoms with Crippen LogP contribution in [0.5, 0.6) is 0 Å². The van der Waals surface area contributed by atoms with Crippen molar-refractivity contribution in [2.45, 2.75) is 20.4 Å². The van der Waals surface area contributed by atoms with Crippen LogP contribution in [0.25, 0.3) is 0 Å². The van der Waals surface area contributed by atoms with E-state index in [1.165, 1.54) is 4.68 Å². The number of ether oxygens (including phenoxy) is 1. The molecule has 1 saturated heterocycles. The molecule has 1 fully saturated rings. The van der Waals surface area contributed by atoms with E-state index in [-0.39, 0.29) is 5.56 Å². The quantitative estimate of drug-likeness (QED) is 0.761. The summed E-state index contributed by atoms with van der Waals surface area (Å²) in [5.74, 6) is 0.614. The molecule has 1 aliphatic heterocycles. The first-order valence-corrected chi connectivity index (χ1v) is 7.27. The number of nitrogens with one attached hydrogen (secondary N) is 1. The monoisotopic (exact) mass is 280 g/mol. The van der Waals surface area contributed by atoms with Crippen molar-refractivity contribution < 1.29 is 4.74 Å². The highest BCUT2D eigenvalue weighted by molar-refractivity contribution is 5.43. The molecule has 0 bridgehead atoms. The topological polar surface area (TPSA) is 59.4 Å². The molecule has 6 heteroatoms. The molecule has 0 amide bonds. The lowest BCUT2D eigenvalue weighted by molar-refractivity contribution is 0.122. The van der Waals surface area contributed by atoms with E-state index in [9.17, 15) is 4.79 Å². The molecule has 0 spiro atoms. The molecule has 1 N–H and O–H groups in total. The first-order chi connectivity index (χ1) is 9.66. The number of rotatable bonds is 6.